The van der Waals surface area contributed by atoms with Gasteiger partial charge in [0.25, 0.3) is 5.91 Å². The number of hydrogen-bond donors (Lipinski definition) is 2. The number of carbonyl (C=O) groups is 3. The topological polar surface area (TPSA) is 110 Å². The number of likely N-dealkylation sites (N-methyl/N-ethyl adjacent to an activating group) is 1. The SMILES string of the molecule is CC(C)C[C@@H](CC(=O)NCC(=O)N(C)C)n1ccc(C(N)=O)n1. The van der Waals surface area contributed by atoms with E-state index in [1.807, 2.05) is 13.8 Å². The maximum Gasteiger partial charge on any atom is 0.269 e. The van der Waals surface area contributed by atoms with Crippen LogP contribution in [-0.4, -0.2) is 53.0 Å². The summed E-state index contributed by atoms with van der Waals surface area (Å²) >= 11 is 0. The molecule has 1 rings (SSSR count). The Morgan fingerprint density at radius 2 is 2.00 bits per heavy atom. The van der Waals surface area contributed by atoms with Gasteiger partial charge in [0.15, 0.2) is 0 Å². The Hall–Kier alpha value is -2.38. The van der Waals surface area contributed by atoms with Crippen LogP contribution in [0, 0.1) is 5.92 Å². The van der Waals surface area contributed by atoms with Gasteiger partial charge in [0.2, 0.25) is 11.8 Å². The van der Waals surface area contributed by atoms with Crippen LogP contribution in [0.25, 0.3) is 0 Å². The number of primary amides is 1. The van der Waals surface area contributed by atoms with E-state index in [0.29, 0.717) is 5.92 Å². The van der Waals surface area contributed by atoms with Crippen molar-refractivity contribution in [2.75, 3.05) is 20.6 Å². The average molecular weight is 323 g/mol. The molecule has 0 unspecified atom stereocenters. The number of nitrogens with zero attached hydrogens (tertiary/aromatic N) is 3. The summed E-state index contributed by atoms with van der Waals surface area (Å²) in [6, 6.07) is 1.33. The Bertz CT molecular complexity index is 565. The smallest absolute Gasteiger partial charge is 0.269 e. The van der Waals surface area contributed by atoms with Gasteiger partial charge in [0.1, 0.15) is 5.69 Å². The van der Waals surface area contributed by atoms with Gasteiger partial charge in [0, 0.05) is 26.7 Å². The van der Waals surface area contributed by atoms with Gasteiger partial charge >= 0.3 is 0 Å². The molecule has 8 nitrogen and oxygen atoms in total. The lowest BCUT2D eigenvalue weighted by atomic mass is 10.0. The highest BCUT2D eigenvalue weighted by molar-refractivity contribution is 5.90. The maximum atomic E-state index is 12.1. The highest BCUT2D eigenvalue weighted by Crippen LogP contribution is 2.20. The zero-order valence-corrected chi connectivity index (χ0v) is 14.1. The summed E-state index contributed by atoms with van der Waals surface area (Å²) in [4.78, 5) is 36.1. The zero-order valence-electron chi connectivity index (χ0n) is 14.1. The Morgan fingerprint density at radius 1 is 1.35 bits per heavy atom. The van der Waals surface area contributed by atoms with E-state index in [2.05, 4.69) is 10.4 Å². The first-order valence-electron chi connectivity index (χ1n) is 7.52. The Kier molecular flexibility index (Phi) is 6.74. The number of nitrogens with one attached hydrogen (secondary N) is 1. The Balaban J connectivity index is 2.72. The van der Waals surface area contributed by atoms with Gasteiger partial charge in [-0.05, 0) is 18.4 Å². The largest absolute Gasteiger partial charge is 0.364 e. The molecule has 1 aromatic rings. The van der Waals surface area contributed by atoms with Crippen LogP contribution in [0.4, 0.5) is 0 Å². The summed E-state index contributed by atoms with van der Waals surface area (Å²) in [6.07, 6.45) is 2.54. The molecule has 0 aliphatic rings. The molecule has 1 atom stereocenters. The van der Waals surface area contributed by atoms with E-state index >= 15 is 0 Å². The summed E-state index contributed by atoms with van der Waals surface area (Å²) in [6.45, 7) is 4.05. The molecule has 0 spiro atoms. The van der Waals surface area contributed by atoms with Gasteiger partial charge in [-0.25, -0.2) is 0 Å². The molecule has 0 aliphatic carbocycles. The van der Waals surface area contributed by atoms with E-state index in [9.17, 15) is 14.4 Å². The lowest BCUT2D eigenvalue weighted by Crippen LogP contribution is -2.37. The molecule has 0 saturated heterocycles. The van der Waals surface area contributed by atoms with Crippen LogP contribution in [0.1, 0.15) is 43.2 Å². The van der Waals surface area contributed by atoms with Gasteiger partial charge in [0.05, 0.1) is 12.6 Å². The van der Waals surface area contributed by atoms with Crippen molar-refractivity contribution in [3.63, 3.8) is 0 Å². The van der Waals surface area contributed by atoms with E-state index in [4.69, 9.17) is 5.73 Å². The van der Waals surface area contributed by atoms with Gasteiger partial charge in [-0.2, -0.15) is 5.10 Å². The lowest BCUT2D eigenvalue weighted by molar-refractivity contribution is -0.131. The predicted molar refractivity (Wildman–Crippen MR) is 85.6 cm³/mol. The number of aromatic nitrogens is 2. The second-order valence-electron chi connectivity index (χ2n) is 6.10. The quantitative estimate of drug-likeness (QED) is 0.710. The van der Waals surface area contributed by atoms with E-state index in [1.165, 1.54) is 11.0 Å². The molecule has 8 heteroatoms. The number of nitrogens with two attached hydrogens (primary N) is 1. The van der Waals surface area contributed by atoms with Gasteiger partial charge < -0.3 is 16.0 Å². The molecule has 3 N–H and O–H groups in total. The molecule has 0 fully saturated rings. The number of rotatable bonds is 8. The van der Waals surface area contributed by atoms with E-state index in [0.717, 1.165) is 6.42 Å². The first-order chi connectivity index (χ1) is 10.7. The minimum absolute atomic E-state index is 0.0358. The van der Waals surface area contributed by atoms with Crippen molar-refractivity contribution < 1.29 is 14.4 Å². The standard InChI is InChI=1S/C15H25N5O3/c1-10(2)7-11(20-6-5-12(18-20)15(16)23)8-13(21)17-9-14(22)19(3)4/h5-6,10-11H,7-9H2,1-4H3,(H2,16,23)(H,17,21)/t11-/m0/s1. The lowest BCUT2D eigenvalue weighted by Gasteiger charge is -2.19. The first-order valence-corrected chi connectivity index (χ1v) is 7.52. The Morgan fingerprint density at radius 3 is 2.48 bits per heavy atom. The summed E-state index contributed by atoms with van der Waals surface area (Å²) in [5.41, 5.74) is 5.37. The van der Waals surface area contributed by atoms with Gasteiger partial charge in [-0.15, -0.1) is 0 Å². The highest BCUT2D eigenvalue weighted by atomic mass is 16.2. The first kappa shape index (κ1) is 18.7. The number of hydrogen-bond acceptors (Lipinski definition) is 4. The van der Waals surface area contributed by atoms with Crippen molar-refractivity contribution in [1.82, 2.24) is 20.0 Å². The third kappa shape index (κ3) is 6.09. The van der Waals surface area contributed by atoms with Crippen LogP contribution >= 0.6 is 0 Å². The molecule has 0 aromatic carbocycles. The van der Waals surface area contributed by atoms with Crippen molar-refractivity contribution in [1.29, 1.82) is 0 Å². The molecular weight excluding hydrogens is 298 g/mol. The van der Waals surface area contributed by atoms with Crippen molar-refractivity contribution in [3.8, 4) is 0 Å². The van der Waals surface area contributed by atoms with Crippen molar-refractivity contribution in [2.45, 2.75) is 32.7 Å². The Labute approximate surface area is 136 Å². The third-order valence-corrected chi connectivity index (χ3v) is 3.33. The van der Waals surface area contributed by atoms with Crippen molar-refractivity contribution >= 4 is 17.7 Å². The van der Waals surface area contributed by atoms with Crippen LogP contribution in [-0.2, 0) is 9.59 Å². The molecule has 128 valence electrons. The summed E-state index contributed by atoms with van der Waals surface area (Å²) < 4.78 is 1.59. The van der Waals surface area contributed by atoms with E-state index in [1.54, 1.807) is 25.0 Å². The molecule has 3 amide bonds. The molecule has 1 aromatic heterocycles. The van der Waals surface area contributed by atoms with Crippen LogP contribution in [0.15, 0.2) is 12.3 Å². The molecule has 1 heterocycles. The molecule has 23 heavy (non-hydrogen) atoms. The molecule has 0 saturated carbocycles. The highest BCUT2D eigenvalue weighted by Gasteiger charge is 2.20. The van der Waals surface area contributed by atoms with Gasteiger partial charge in [-0.3, -0.25) is 19.1 Å². The molecular formula is C15H25N5O3. The van der Waals surface area contributed by atoms with Crippen LogP contribution in [0.2, 0.25) is 0 Å². The molecule has 0 radical (unpaired) electrons. The second-order valence-corrected chi connectivity index (χ2v) is 6.10. The third-order valence-electron chi connectivity index (χ3n) is 3.33. The summed E-state index contributed by atoms with van der Waals surface area (Å²) in [5.74, 6) is -0.665. The fraction of sp³-hybridized carbons (Fsp3) is 0.600. The fourth-order valence-electron chi connectivity index (χ4n) is 2.12. The van der Waals surface area contributed by atoms with Crippen LogP contribution < -0.4 is 11.1 Å². The van der Waals surface area contributed by atoms with Crippen LogP contribution in [0.3, 0.4) is 0 Å². The number of amides is 3. The van der Waals surface area contributed by atoms with Crippen molar-refractivity contribution in [2.24, 2.45) is 11.7 Å². The normalized spacial score (nSPS) is 12.0. The minimum atomic E-state index is -0.604. The fourth-order valence-corrected chi connectivity index (χ4v) is 2.12. The average Bonchev–Trinajstić information content (AvgIpc) is 2.93. The predicted octanol–water partition coefficient (Wildman–Crippen LogP) is 0.164. The van der Waals surface area contributed by atoms with Gasteiger partial charge in [-0.1, -0.05) is 13.8 Å². The second kappa shape index (κ2) is 8.30. The summed E-state index contributed by atoms with van der Waals surface area (Å²) in [7, 11) is 3.26. The molecule has 0 aliphatic heterocycles. The maximum absolute atomic E-state index is 12.1. The van der Waals surface area contributed by atoms with E-state index < -0.39 is 5.91 Å². The van der Waals surface area contributed by atoms with Crippen LogP contribution in [0.5, 0.6) is 0 Å². The zero-order chi connectivity index (χ0) is 17.6. The van der Waals surface area contributed by atoms with E-state index in [-0.39, 0.29) is 36.5 Å². The summed E-state index contributed by atoms with van der Waals surface area (Å²) in [5, 5.41) is 6.73. The minimum Gasteiger partial charge on any atom is -0.364 e. The number of carbonyl (C=O) groups excluding carboxylic acids is 3. The van der Waals surface area contributed by atoms with Crippen molar-refractivity contribution in [3.05, 3.63) is 18.0 Å². The monoisotopic (exact) mass is 323 g/mol. The molecule has 0 bridgehead atoms.